The van der Waals surface area contributed by atoms with E-state index in [1.165, 1.54) is 0 Å². The van der Waals surface area contributed by atoms with E-state index in [1.54, 1.807) is 0 Å². The first-order valence-electron chi connectivity index (χ1n) is 2.30. The van der Waals surface area contributed by atoms with Gasteiger partial charge in [0.25, 0.3) is 0 Å². The summed E-state index contributed by atoms with van der Waals surface area (Å²) in [5, 5.41) is 0. The summed E-state index contributed by atoms with van der Waals surface area (Å²) < 4.78 is 4.93. The van der Waals surface area contributed by atoms with Gasteiger partial charge in [0.15, 0.2) is 0 Å². The van der Waals surface area contributed by atoms with Crippen molar-refractivity contribution in [2.24, 2.45) is 5.73 Å². The molecule has 0 saturated heterocycles. The maximum Gasteiger partial charge on any atom is 0.0589 e. The van der Waals surface area contributed by atoms with Gasteiger partial charge in [-0.2, -0.15) is 12.6 Å². The van der Waals surface area contributed by atoms with Crippen LogP contribution >= 0.6 is 25.0 Å². The normalized spacial score (nSPS) is 7.33. The summed E-state index contributed by atoms with van der Waals surface area (Å²) in [5.74, 6) is 0.778. The molecule has 0 aliphatic heterocycles. The van der Waals surface area contributed by atoms with Gasteiger partial charge >= 0.3 is 0 Å². The monoisotopic (exact) mass is 174 g/mol. The number of halogens is 1. The summed E-state index contributed by atoms with van der Waals surface area (Å²) >= 11 is 3.93. The van der Waals surface area contributed by atoms with Gasteiger partial charge in [-0.1, -0.05) is 0 Å². The zero-order valence-electron chi connectivity index (χ0n) is 5.38. The van der Waals surface area contributed by atoms with E-state index in [2.05, 4.69) is 12.6 Å². The van der Waals surface area contributed by atoms with Crippen LogP contribution in [-0.4, -0.2) is 25.5 Å². The van der Waals surface area contributed by atoms with Crippen LogP contribution in [0.3, 0.4) is 0 Å². The van der Waals surface area contributed by atoms with Crippen LogP contribution < -0.4 is 11.9 Å². The SMILES string of the molecule is Cl.N.NCCOCCS. The molecular weight excluding hydrogens is 160 g/mol. The van der Waals surface area contributed by atoms with Gasteiger partial charge in [-0.05, 0) is 0 Å². The van der Waals surface area contributed by atoms with E-state index in [1.807, 2.05) is 0 Å². The molecule has 0 aromatic carbocycles. The van der Waals surface area contributed by atoms with E-state index in [0.717, 1.165) is 5.75 Å². The molecule has 0 aliphatic carbocycles. The fourth-order valence-corrected chi connectivity index (χ4v) is 0.379. The Labute approximate surface area is 67.7 Å². The van der Waals surface area contributed by atoms with Gasteiger partial charge in [0.2, 0.25) is 0 Å². The van der Waals surface area contributed by atoms with Crippen LogP contribution in [0.25, 0.3) is 0 Å². The average Bonchev–Trinajstić information content (AvgIpc) is 1.69. The summed E-state index contributed by atoms with van der Waals surface area (Å²) in [6, 6.07) is 0. The van der Waals surface area contributed by atoms with Crippen LogP contribution in [0.1, 0.15) is 0 Å². The number of nitrogens with two attached hydrogens (primary N) is 1. The number of hydrogen-bond donors (Lipinski definition) is 3. The number of thiol groups is 1. The standard InChI is InChI=1S/C4H11NOS.ClH.H3N/c5-1-2-6-3-4-7;;/h7H,1-5H2;1H;1H3. The van der Waals surface area contributed by atoms with E-state index in [4.69, 9.17) is 10.5 Å². The van der Waals surface area contributed by atoms with E-state index in [9.17, 15) is 0 Å². The van der Waals surface area contributed by atoms with Crippen molar-refractivity contribution < 1.29 is 4.74 Å². The molecule has 0 radical (unpaired) electrons. The Hall–Kier alpha value is 0.520. The summed E-state index contributed by atoms with van der Waals surface area (Å²) in [4.78, 5) is 0. The van der Waals surface area contributed by atoms with Gasteiger partial charge < -0.3 is 16.6 Å². The minimum Gasteiger partial charge on any atom is -0.379 e. The lowest BCUT2D eigenvalue weighted by molar-refractivity contribution is 0.158. The smallest absolute Gasteiger partial charge is 0.0589 e. The maximum absolute atomic E-state index is 5.12. The molecule has 0 fully saturated rings. The van der Waals surface area contributed by atoms with Crippen molar-refractivity contribution in [1.82, 2.24) is 6.15 Å². The summed E-state index contributed by atoms with van der Waals surface area (Å²) in [5.41, 5.74) is 5.12. The van der Waals surface area contributed by atoms with Crippen molar-refractivity contribution in [3.8, 4) is 0 Å². The number of hydrogen-bond acceptors (Lipinski definition) is 4. The summed E-state index contributed by atoms with van der Waals surface area (Å²) in [7, 11) is 0. The molecule has 5 N–H and O–H groups in total. The third-order valence-electron chi connectivity index (χ3n) is 0.498. The molecule has 0 spiro atoms. The molecule has 0 unspecified atom stereocenters. The van der Waals surface area contributed by atoms with E-state index >= 15 is 0 Å². The Balaban J connectivity index is -0.000000180. The number of rotatable bonds is 4. The lowest BCUT2D eigenvalue weighted by Crippen LogP contribution is -2.09. The van der Waals surface area contributed by atoms with Crippen LogP contribution in [0, 0.1) is 0 Å². The highest BCUT2D eigenvalue weighted by Crippen LogP contribution is 1.74. The molecule has 0 bridgehead atoms. The summed E-state index contributed by atoms with van der Waals surface area (Å²) in [6.07, 6.45) is 0. The molecule has 0 saturated carbocycles. The molecule has 3 nitrogen and oxygen atoms in total. The predicted octanol–water partition coefficient (Wildman–Crippen LogP) is 0.475. The Morgan fingerprint density at radius 3 is 2.22 bits per heavy atom. The first-order chi connectivity index (χ1) is 3.41. The Morgan fingerprint density at radius 1 is 1.33 bits per heavy atom. The second-order valence-electron chi connectivity index (χ2n) is 1.12. The Kier molecular flexibility index (Phi) is 28.6. The van der Waals surface area contributed by atoms with E-state index in [0.29, 0.717) is 19.8 Å². The van der Waals surface area contributed by atoms with Gasteiger partial charge in [-0.15, -0.1) is 12.4 Å². The van der Waals surface area contributed by atoms with Crippen LogP contribution in [-0.2, 0) is 4.74 Å². The molecule has 0 aromatic rings. The minimum atomic E-state index is 0. The maximum atomic E-state index is 5.12. The third kappa shape index (κ3) is 17.7. The Morgan fingerprint density at radius 2 is 1.89 bits per heavy atom. The van der Waals surface area contributed by atoms with Crippen molar-refractivity contribution in [2.75, 3.05) is 25.5 Å². The molecule has 0 atom stereocenters. The van der Waals surface area contributed by atoms with Crippen LogP contribution in [0.15, 0.2) is 0 Å². The highest BCUT2D eigenvalue weighted by Gasteiger charge is 1.78. The van der Waals surface area contributed by atoms with Crippen molar-refractivity contribution in [1.29, 1.82) is 0 Å². The van der Waals surface area contributed by atoms with Crippen molar-refractivity contribution in [3.63, 3.8) is 0 Å². The fourth-order valence-electron chi connectivity index (χ4n) is 0.250. The van der Waals surface area contributed by atoms with Gasteiger partial charge in [-0.3, -0.25) is 0 Å². The molecule has 60 valence electrons. The Bertz CT molecular complexity index is 37.7. The lowest BCUT2D eigenvalue weighted by atomic mass is 10.7. The van der Waals surface area contributed by atoms with Crippen molar-refractivity contribution >= 4 is 25.0 Å². The molecule has 9 heavy (non-hydrogen) atoms. The molecule has 0 rings (SSSR count). The third-order valence-corrected chi connectivity index (χ3v) is 0.680. The highest BCUT2D eigenvalue weighted by atomic mass is 35.5. The van der Waals surface area contributed by atoms with E-state index in [-0.39, 0.29) is 18.6 Å². The second kappa shape index (κ2) is 15.8. The topological polar surface area (TPSA) is 70.2 Å². The van der Waals surface area contributed by atoms with Gasteiger partial charge in [0.1, 0.15) is 0 Å². The largest absolute Gasteiger partial charge is 0.379 e. The second-order valence-corrected chi connectivity index (χ2v) is 1.57. The number of ether oxygens (including phenoxy) is 1. The van der Waals surface area contributed by atoms with Gasteiger partial charge in [0.05, 0.1) is 13.2 Å². The molecule has 0 aliphatic rings. The van der Waals surface area contributed by atoms with Crippen LogP contribution in [0.4, 0.5) is 0 Å². The average molecular weight is 175 g/mol. The van der Waals surface area contributed by atoms with Crippen LogP contribution in [0.5, 0.6) is 0 Å². The van der Waals surface area contributed by atoms with Gasteiger partial charge in [-0.25, -0.2) is 0 Å². The highest BCUT2D eigenvalue weighted by molar-refractivity contribution is 7.80. The van der Waals surface area contributed by atoms with Crippen LogP contribution in [0.2, 0.25) is 0 Å². The summed E-state index contributed by atoms with van der Waals surface area (Å²) in [6.45, 7) is 1.97. The molecular formula is C4H15ClN2OS. The fraction of sp³-hybridized carbons (Fsp3) is 1.00. The minimum absolute atomic E-state index is 0. The molecule has 0 heterocycles. The zero-order chi connectivity index (χ0) is 5.54. The first kappa shape index (κ1) is 16.3. The van der Waals surface area contributed by atoms with Crippen molar-refractivity contribution in [2.45, 2.75) is 0 Å². The zero-order valence-corrected chi connectivity index (χ0v) is 7.09. The predicted molar refractivity (Wildman–Crippen MR) is 46.0 cm³/mol. The molecule has 0 aromatic heterocycles. The quantitative estimate of drug-likeness (QED) is 0.429. The molecule has 0 amide bonds. The molecule has 5 heteroatoms. The van der Waals surface area contributed by atoms with Gasteiger partial charge in [0, 0.05) is 12.3 Å². The first-order valence-corrected chi connectivity index (χ1v) is 2.93. The van der Waals surface area contributed by atoms with Crippen molar-refractivity contribution in [3.05, 3.63) is 0 Å². The van der Waals surface area contributed by atoms with E-state index < -0.39 is 0 Å². The lowest BCUT2D eigenvalue weighted by Gasteiger charge is -1.95.